The number of imidazole rings is 1. The van der Waals surface area contributed by atoms with Crippen LogP contribution in [-0.4, -0.2) is 15.9 Å². The van der Waals surface area contributed by atoms with E-state index >= 15 is 0 Å². The summed E-state index contributed by atoms with van der Waals surface area (Å²) in [5, 5.41) is 2.54. The van der Waals surface area contributed by atoms with Crippen LogP contribution in [0.5, 0.6) is 0 Å². The van der Waals surface area contributed by atoms with Crippen LogP contribution in [0.4, 0.5) is 8.78 Å². The minimum atomic E-state index is -0.894. The maximum Gasteiger partial charge on any atom is 0.257 e. The number of hydrogen-bond acceptors (Lipinski definition) is 2. The molecule has 1 amide bonds. The molecule has 1 heterocycles. The van der Waals surface area contributed by atoms with E-state index in [0.717, 1.165) is 23.2 Å². The largest absolute Gasteiger partial charge is 0.342 e. The average Bonchev–Trinajstić information content (AvgIpc) is 2.91. The number of aromatic nitrogens is 2. The Morgan fingerprint density at radius 3 is 2.50 bits per heavy atom. The molecule has 3 aromatic rings. The maximum absolute atomic E-state index is 13.6. The van der Waals surface area contributed by atoms with Gasteiger partial charge in [-0.05, 0) is 31.2 Å². The molecule has 0 fully saturated rings. The lowest BCUT2D eigenvalue weighted by molar-refractivity contribution is 0.0930. The number of nitrogens with zero attached hydrogens (tertiary/aromatic N) is 1. The molecule has 0 aliphatic carbocycles. The van der Waals surface area contributed by atoms with E-state index in [1.54, 1.807) is 6.92 Å². The van der Waals surface area contributed by atoms with Gasteiger partial charge in [-0.25, -0.2) is 13.8 Å². The van der Waals surface area contributed by atoms with Crippen LogP contribution in [0.1, 0.15) is 29.1 Å². The van der Waals surface area contributed by atoms with Crippen LogP contribution in [0.3, 0.4) is 0 Å². The molecule has 0 aliphatic rings. The van der Waals surface area contributed by atoms with Crippen LogP contribution in [0.15, 0.2) is 42.5 Å². The minimum absolute atomic E-state index is 0.515. The van der Waals surface area contributed by atoms with Gasteiger partial charge >= 0.3 is 0 Å². The third kappa shape index (κ3) is 2.55. The Hall–Kier alpha value is -2.76. The summed E-state index contributed by atoms with van der Waals surface area (Å²) in [6.07, 6.45) is 0. The molecule has 0 aliphatic heterocycles. The van der Waals surface area contributed by atoms with E-state index in [4.69, 9.17) is 0 Å². The third-order valence-electron chi connectivity index (χ3n) is 3.36. The number of aromatic amines is 1. The Bertz CT molecular complexity index is 791. The monoisotopic (exact) mass is 301 g/mol. The first-order valence-corrected chi connectivity index (χ1v) is 6.76. The highest BCUT2D eigenvalue weighted by Gasteiger charge is 2.20. The summed E-state index contributed by atoms with van der Waals surface area (Å²) in [7, 11) is 0. The summed E-state index contributed by atoms with van der Waals surface area (Å²) in [6.45, 7) is 1.69. The van der Waals surface area contributed by atoms with Gasteiger partial charge in [0.25, 0.3) is 5.91 Å². The summed E-state index contributed by atoms with van der Waals surface area (Å²) in [4.78, 5) is 19.5. The first-order valence-electron chi connectivity index (χ1n) is 6.76. The van der Waals surface area contributed by atoms with E-state index in [1.807, 2.05) is 24.3 Å². The number of rotatable bonds is 3. The fourth-order valence-corrected chi connectivity index (χ4v) is 2.23. The summed E-state index contributed by atoms with van der Waals surface area (Å²) in [6, 6.07) is 10.2. The number of carbonyl (C=O) groups excluding carboxylic acids is 1. The average molecular weight is 301 g/mol. The minimum Gasteiger partial charge on any atom is -0.342 e. The van der Waals surface area contributed by atoms with E-state index in [2.05, 4.69) is 15.3 Å². The predicted molar refractivity (Wildman–Crippen MR) is 78.3 cm³/mol. The lowest BCUT2D eigenvalue weighted by Gasteiger charge is -2.12. The predicted octanol–water partition coefficient (Wildman–Crippen LogP) is 3.33. The number of benzene rings is 2. The second-order valence-corrected chi connectivity index (χ2v) is 4.93. The van der Waals surface area contributed by atoms with Gasteiger partial charge in [0.2, 0.25) is 0 Å². The van der Waals surface area contributed by atoms with E-state index < -0.39 is 29.1 Å². The van der Waals surface area contributed by atoms with Gasteiger partial charge in [0.05, 0.1) is 17.1 Å². The number of halogens is 2. The number of amides is 1. The quantitative estimate of drug-likeness (QED) is 0.779. The van der Waals surface area contributed by atoms with Gasteiger partial charge in [-0.3, -0.25) is 4.79 Å². The van der Waals surface area contributed by atoms with Crippen molar-refractivity contribution < 1.29 is 13.6 Å². The molecule has 22 heavy (non-hydrogen) atoms. The third-order valence-corrected chi connectivity index (χ3v) is 3.36. The lowest BCUT2D eigenvalue weighted by atomic mass is 10.1. The molecule has 0 radical (unpaired) electrons. The molecule has 0 saturated carbocycles. The summed E-state index contributed by atoms with van der Waals surface area (Å²) in [5.41, 5.74) is 0.997. The van der Waals surface area contributed by atoms with Crippen LogP contribution in [0, 0.1) is 11.6 Å². The van der Waals surface area contributed by atoms with Gasteiger partial charge in [0.15, 0.2) is 0 Å². The van der Waals surface area contributed by atoms with Crippen molar-refractivity contribution in [2.24, 2.45) is 0 Å². The second kappa shape index (κ2) is 5.55. The number of para-hydroxylation sites is 2. The highest BCUT2D eigenvalue weighted by molar-refractivity contribution is 5.95. The Labute approximate surface area is 125 Å². The van der Waals surface area contributed by atoms with Crippen LogP contribution < -0.4 is 5.32 Å². The molecular weight excluding hydrogens is 288 g/mol. The Morgan fingerprint density at radius 1 is 1.14 bits per heavy atom. The van der Waals surface area contributed by atoms with Crippen molar-refractivity contribution in [1.82, 2.24) is 15.3 Å². The van der Waals surface area contributed by atoms with Gasteiger partial charge < -0.3 is 10.3 Å². The van der Waals surface area contributed by atoms with Gasteiger partial charge in [0, 0.05) is 0 Å². The van der Waals surface area contributed by atoms with Crippen LogP contribution in [-0.2, 0) is 0 Å². The van der Waals surface area contributed by atoms with Crippen molar-refractivity contribution in [3.05, 3.63) is 65.5 Å². The fraction of sp³-hybridized carbons (Fsp3) is 0.125. The van der Waals surface area contributed by atoms with Crippen LogP contribution in [0.2, 0.25) is 0 Å². The van der Waals surface area contributed by atoms with E-state index in [-0.39, 0.29) is 0 Å². The first kappa shape index (κ1) is 14.2. The molecule has 0 bridgehead atoms. The van der Waals surface area contributed by atoms with Crippen molar-refractivity contribution in [2.75, 3.05) is 0 Å². The van der Waals surface area contributed by atoms with Crippen molar-refractivity contribution in [1.29, 1.82) is 0 Å². The Morgan fingerprint density at radius 2 is 1.82 bits per heavy atom. The van der Waals surface area contributed by atoms with Gasteiger partial charge in [-0.15, -0.1) is 0 Å². The highest BCUT2D eigenvalue weighted by atomic mass is 19.1. The number of carbonyl (C=O) groups is 1. The van der Waals surface area contributed by atoms with Crippen molar-refractivity contribution in [3.63, 3.8) is 0 Å². The molecule has 1 atom stereocenters. The standard InChI is InChI=1S/C16H13F2N3O/c1-9(15-20-12-7-2-3-8-13(12)21-15)19-16(22)14-10(17)5-4-6-11(14)18/h2-9H,1H3,(H,19,22)(H,20,21). The van der Waals surface area contributed by atoms with Crippen LogP contribution in [0.25, 0.3) is 11.0 Å². The number of H-pyrrole nitrogens is 1. The Kier molecular flexibility index (Phi) is 3.58. The van der Waals surface area contributed by atoms with Gasteiger partial charge in [-0.2, -0.15) is 0 Å². The molecule has 0 saturated heterocycles. The molecular formula is C16H13F2N3O. The molecule has 3 rings (SSSR count). The highest BCUT2D eigenvalue weighted by Crippen LogP contribution is 2.17. The van der Waals surface area contributed by atoms with E-state index in [0.29, 0.717) is 5.82 Å². The van der Waals surface area contributed by atoms with Crippen molar-refractivity contribution in [2.45, 2.75) is 13.0 Å². The number of nitrogens with one attached hydrogen (secondary N) is 2. The lowest BCUT2D eigenvalue weighted by Crippen LogP contribution is -2.29. The summed E-state index contributed by atoms with van der Waals surface area (Å²) >= 11 is 0. The zero-order chi connectivity index (χ0) is 15.7. The van der Waals surface area contributed by atoms with E-state index in [9.17, 15) is 13.6 Å². The first-order chi connectivity index (χ1) is 10.6. The smallest absolute Gasteiger partial charge is 0.257 e. The second-order valence-electron chi connectivity index (χ2n) is 4.93. The zero-order valence-electron chi connectivity index (χ0n) is 11.7. The van der Waals surface area contributed by atoms with Gasteiger partial charge in [-0.1, -0.05) is 18.2 Å². The van der Waals surface area contributed by atoms with Crippen LogP contribution >= 0.6 is 0 Å². The maximum atomic E-state index is 13.6. The molecule has 112 valence electrons. The fourth-order valence-electron chi connectivity index (χ4n) is 2.23. The van der Waals surface area contributed by atoms with Crippen molar-refractivity contribution in [3.8, 4) is 0 Å². The number of fused-ring (bicyclic) bond motifs is 1. The molecule has 6 heteroatoms. The van der Waals surface area contributed by atoms with E-state index in [1.165, 1.54) is 6.07 Å². The SMILES string of the molecule is CC(NC(=O)c1c(F)cccc1F)c1nc2ccccc2[nH]1. The summed E-state index contributed by atoms with van der Waals surface area (Å²) < 4.78 is 27.2. The summed E-state index contributed by atoms with van der Waals surface area (Å²) in [5.74, 6) is -2.08. The molecule has 1 aromatic heterocycles. The zero-order valence-corrected chi connectivity index (χ0v) is 11.7. The molecule has 2 N–H and O–H groups in total. The molecule has 4 nitrogen and oxygen atoms in total. The molecule has 1 unspecified atom stereocenters. The normalized spacial score (nSPS) is 12.3. The molecule has 0 spiro atoms. The van der Waals surface area contributed by atoms with Gasteiger partial charge in [0.1, 0.15) is 23.0 Å². The topological polar surface area (TPSA) is 57.8 Å². The number of hydrogen-bond donors (Lipinski definition) is 2. The Balaban J connectivity index is 1.84. The molecule has 2 aromatic carbocycles. The van der Waals surface area contributed by atoms with Crippen molar-refractivity contribution >= 4 is 16.9 Å².